The van der Waals surface area contributed by atoms with E-state index < -0.39 is 10.0 Å². The molecule has 2 N–H and O–H groups in total. The molecule has 2 atom stereocenters. The molecule has 1 aromatic carbocycles. The molecule has 0 aromatic heterocycles. The quantitative estimate of drug-likeness (QED) is 0.831. The zero-order valence-corrected chi connectivity index (χ0v) is 14.5. The number of nitrogens with zero attached hydrogens (tertiary/aromatic N) is 1. The Morgan fingerprint density at radius 3 is 2.63 bits per heavy atom. The Morgan fingerprint density at radius 1 is 1.42 bits per heavy atom. The van der Waals surface area contributed by atoms with Crippen molar-refractivity contribution in [2.45, 2.75) is 24.3 Å². The molecule has 0 radical (unpaired) electrons. The summed E-state index contributed by atoms with van der Waals surface area (Å²) in [5, 5.41) is 0. The van der Waals surface area contributed by atoms with E-state index in [-0.39, 0.29) is 12.0 Å². The second-order valence-corrected chi connectivity index (χ2v) is 8.46. The molecule has 7 heteroatoms. The van der Waals surface area contributed by atoms with Gasteiger partial charge in [0.1, 0.15) is 0 Å². The number of sulfonamides is 1. The van der Waals surface area contributed by atoms with Crippen LogP contribution in [0, 0.1) is 5.92 Å². The normalized spacial score (nSPS) is 24.8. The van der Waals surface area contributed by atoms with Crippen molar-refractivity contribution in [3.8, 4) is 0 Å². The van der Waals surface area contributed by atoms with E-state index in [1.807, 2.05) is 6.92 Å². The number of hydrogen-bond acceptors (Lipinski definition) is 3. The third-order valence-corrected chi connectivity index (χ3v) is 6.87. The molecule has 0 spiro atoms. The number of halogens is 2. The van der Waals surface area contributed by atoms with Crippen molar-refractivity contribution < 1.29 is 8.42 Å². The maximum atomic E-state index is 12.7. The molecule has 1 fully saturated rings. The molecule has 1 aromatic rings. The fraction of sp³-hybridized carbons (Fsp3) is 0.500. The standard InChI is InChI=1S/C12H16Br2N2O2S/c1-8-4-9(6-15)7-16(8)19(17,18)12-3-2-10(13)5-11(12)14/h2-3,5,8-9H,4,6-7,15H2,1H3. The highest BCUT2D eigenvalue weighted by atomic mass is 79.9. The molecule has 106 valence electrons. The highest BCUT2D eigenvalue weighted by Crippen LogP contribution is 2.33. The van der Waals surface area contributed by atoms with Crippen molar-refractivity contribution in [1.29, 1.82) is 0 Å². The van der Waals surface area contributed by atoms with Crippen LogP contribution in [-0.2, 0) is 10.0 Å². The average Bonchev–Trinajstić information content (AvgIpc) is 2.70. The minimum Gasteiger partial charge on any atom is -0.330 e. The fourth-order valence-electron chi connectivity index (χ4n) is 2.43. The first-order valence-electron chi connectivity index (χ1n) is 6.03. The molecule has 2 unspecified atom stereocenters. The zero-order valence-electron chi connectivity index (χ0n) is 10.5. The van der Waals surface area contributed by atoms with Gasteiger partial charge in [-0.25, -0.2) is 8.42 Å². The predicted molar refractivity (Wildman–Crippen MR) is 82.4 cm³/mol. The summed E-state index contributed by atoms with van der Waals surface area (Å²) in [4.78, 5) is 0.306. The van der Waals surface area contributed by atoms with Gasteiger partial charge in [0, 0.05) is 21.5 Å². The van der Waals surface area contributed by atoms with Gasteiger partial charge >= 0.3 is 0 Å². The smallest absolute Gasteiger partial charge is 0.244 e. The first-order valence-corrected chi connectivity index (χ1v) is 9.06. The Kier molecular flexibility index (Phi) is 4.72. The minimum absolute atomic E-state index is 0.00547. The number of benzene rings is 1. The van der Waals surface area contributed by atoms with Crippen LogP contribution < -0.4 is 5.73 Å². The third-order valence-electron chi connectivity index (χ3n) is 3.42. The van der Waals surface area contributed by atoms with Gasteiger partial charge in [0.2, 0.25) is 10.0 Å². The van der Waals surface area contributed by atoms with E-state index in [4.69, 9.17) is 5.73 Å². The van der Waals surface area contributed by atoms with Gasteiger partial charge in [-0.3, -0.25) is 0 Å². The predicted octanol–water partition coefficient (Wildman–Crippen LogP) is 2.57. The van der Waals surface area contributed by atoms with E-state index in [0.29, 0.717) is 22.5 Å². The third kappa shape index (κ3) is 3.05. The van der Waals surface area contributed by atoms with E-state index in [1.165, 1.54) is 0 Å². The van der Waals surface area contributed by atoms with Crippen molar-refractivity contribution in [2.24, 2.45) is 11.7 Å². The second kappa shape index (κ2) is 5.81. The Hall–Kier alpha value is 0.0500. The molecule has 0 bridgehead atoms. The van der Waals surface area contributed by atoms with Crippen molar-refractivity contribution in [3.05, 3.63) is 27.1 Å². The summed E-state index contributed by atoms with van der Waals surface area (Å²) in [5.74, 6) is 0.249. The van der Waals surface area contributed by atoms with Crippen molar-refractivity contribution >= 4 is 41.9 Å². The summed E-state index contributed by atoms with van der Waals surface area (Å²) in [5.41, 5.74) is 5.65. The van der Waals surface area contributed by atoms with Crippen LogP contribution >= 0.6 is 31.9 Å². The van der Waals surface area contributed by atoms with Crippen LogP contribution in [0.5, 0.6) is 0 Å². The molecule has 1 aliphatic heterocycles. The van der Waals surface area contributed by atoms with Crippen LogP contribution in [0.15, 0.2) is 32.0 Å². The summed E-state index contributed by atoms with van der Waals surface area (Å²) in [6.45, 7) is 2.96. The molecule has 4 nitrogen and oxygen atoms in total. The van der Waals surface area contributed by atoms with Gasteiger partial charge in [0.25, 0.3) is 0 Å². The topological polar surface area (TPSA) is 63.4 Å². The molecule has 19 heavy (non-hydrogen) atoms. The van der Waals surface area contributed by atoms with E-state index in [0.717, 1.165) is 10.9 Å². The van der Waals surface area contributed by atoms with Crippen molar-refractivity contribution in [3.63, 3.8) is 0 Å². The molecule has 0 amide bonds. The summed E-state index contributed by atoms with van der Waals surface area (Å²) < 4.78 is 28.3. The lowest BCUT2D eigenvalue weighted by molar-refractivity contribution is 0.404. The Morgan fingerprint density at radius 2 is 2.11 bits per heavy atom. The lowest BCUT2D eigenvalue weighted by Crippen LogP contribution is -2.34. The zero-order chi connectivity index (χ0) is 14.2. The molecular weight excluding hydrogens is 396 g/mol. The summed E-state index contributed by atoms with van der Waals surface area (Å²) in [6.07, 6.45) is 0.823. The Labute approximate surface area is 130 Å². The highest BCUT2D eigenvalue weighted by Gasteiger charge is 2.37. The van der Waals surface area contributed by atoms with Gasteiger partial charge in [0.15, 0.2) is 0 Å². The van der Waals surface area contributed by atoms with Crippen molar-refractivity contribution in [2.75, 3.05) is 13.1 Å². The molecule has 1 aliphatic rings. The first kappa shape index (κ1) is 15.4. The van der Waals surface area contributed by atoms with Gasteiger partial charge in [-0.15, -0.1) is 0 Å². The van der Waals surface area contributed by atoms with E-state index in [1.54, 1.807) is 22.5 Å². The summed E-state index contributed by atoms with van der Waals surface area (Å²) >= 11 is 6.65. The average molecular weight is 412 g/mol. The van der Waals surface area contributed by atoms with Crippen LogP contribution in [0.4, 0.5) is 0 Å². The van der Waals surface area contributed by atoms with Crippen LogP contribution in [0.3, 0.4) is 0 Å². The maximum Gasteiger partial charge on any atom is 0.244 e. The van der Waals surface area contributed by atoms with E-state index in [9.17, 15) is 8.42 Å². The first-order chi connectivity index (χ1) is 8.86. The highest BCUT2D eigenvalue weighted by molar-refractivity contribution is 9.11. The molecule has 0 aliphatic carbocycles. The Balaban J connectivity index is 2.37. The molecule has 0 saturated carbocycles. The lowest BCUT2D eigenvalue weighted by atomic mass is 10.1. The fourth-order valence-corrected chi connectivity index (χ4v) is 5.85. The monoisotopic (exact) mass is 410 g/mol. The summed E-state index contributed by atoms with van der Waals surface area (Å²) in [6, 6.07) is 5.09. The minimum atomic E-state index is -3.47. The van der Waals surface area contributed by atoms with E-state index in [2.05, 4.69) is 31.9 Å². The van der Waals surface area contributed by atoms with E-state index >= 15 is 0 Å². The molecule has 1 heterocycles. The van der Waals surface area contributed by atoms with Crippen LogP contribution in [0.2, 0.25) is 0 Å². The van der Waals surface area contributed by atoms with Gasteiger partial charge in [-0.2, -0.15) is 4.31 Å². The molecule has 1 saturated heterocycles. The van der Waals surface area contributed by atoms with Crippen LogP contribution in [-0.4, -0.2) is 31.9 Å². The van der Waals surface area contributed by atoms with Gasteiger partial charge < -0.3 is 5.73 Å². The number of hydrogen-bond donors (Lipinski definition) is 1. The SMILES string of the molecule is CC1CC(CN)CN1S(=O)(=O)c1ccc(Br)cc1Br. The van der Waals surface area contributed by atoms with Gasteiger partial charge in [0.05, 0.1) is 4.90 Å². The van der Waals surface area contributed by atoms with Crippen LogP contribution in [0.1, 0.15) is 13.3 Å². The second-order valence-electron chi connectivity index (χ2n) is 4.84. The van der Waals surface area contributed by atoms with Crippen LogP contribution in [0.25, 0.3) is 0 Å². The lowest BCUT2D eigenvalue weighted by Gasteiger charge is -2.21. The van der Waals surface area contributed by atoms with Crippen molar-refractivity contribution in [1.82, 2.24) is 4.31 Å². The maximum absolute atomic E-state index is 12.7. The van der Waals surface area contributed by atoms with Gasteiger partial charge in [-0.05, 0) is 59.9 Å². The van der Waals surface area contributed by atoms with Gasteiger partial charge in [-0.1, -0.05) is 15.9 Å². The molecule has 2 rings (SSSR count). The Bertz CT molecular complexity index is 577. The number of nitrogens with two attached hydrogens (primary N) is 1. The molecular formula is C12H16Br2N2O2S. The largest absolute Gasteiger partial charge is 0.330 e. The summed E-state index contributed by atoms with van der Waals surface area (Å²) in [7, 11) is -3.47. The number of rotatable bonds is 3.